The number of likely N-dealkylation sites (tertiary alicyclic amines) is 1. The molecule has 7 heteroatoms. The molecule has 30 heavy (non-hydrogen) atoms. The summed E-state index contributed by atoms with van der Waals surface area (Å²) in [5.74, 6) is 0.278. The fraction of sp³-hybridized carbons (Fsp3) is 0.304. The zero-order valence-electron chi connectivity index (χ0n) is 16.9. The number of aliphatic hydroxyl groups is 1. The third-order valence-electron chi connectivity index (χ3n) is 5.37. The van der Waals surface area contributed by atoms with E-state index in [1.54, 1.807) is 49.6 Å². The van der Waals surface area contributed by atoms with Gasteiger partial charge in [-0.25, -0.2) is 0 Å². The average molecular weight is 409 g/mol. The van der Waals surface area contributed by atoms with Gasteiger partial charge in [0.1, 0.15) is 11.5 Å². The number of hydrogen-bond acceptors (Lipinski definition) is 6. The van der Waals surface area contributed by atoms with Crippen molar-refractivity contribution in [3.05, 3.63) is 59.2 Å². The monoisotopic (exact) mass is 409 g/mol. The molecule has 0 radical (unpaired) electrons. The van der Waals surface area contributed by atoms with E-state index in [2.05, 4.69) is 0 Å². The predicted octanol–water partition coefficient (Wildman–Crippen LogP) is 3.65. The van der Waals surface area contributed by atoms with Crippen molar-refractivity contribution in [2.45, 2.75) is 25.8 Å². The summed E-state index contributed by atoms with van der Waals surface area (Å²) < 4.78 is 16.0. The molecule has 0 aliphatic carbocycles. The first kappa shape index (κ1) is 19.8. The number of carbonyl (C=O) groups excluding carboxylic acids is 2. The Labute approximate surface area is 174 Å². The molecule has 1 fully saturated rings. The zero-order chi connectivity index (χ0) is 21.3. The van der Waals surface area contributed by atoms with Crippen LogP contribution in [0.3, 0.4) is 0 Å². The van der Waals surface area contributed by atoms with E-state index in [4.69, 9.17) is 14.2 Å². The van der Waals surface area contributed by atoms with Gasteiger partial charge >= 0.3 is 0 Å². The fourth-order valence-corrected chi connectivity index (χ4v) is 3.77. The summed E-state index contributed by atoms with van der Waals surface area (Å²) >= 11 is 0. The summed E-state index contributed by atoms with van der Waals surface area (Å²) in [6.07, 6.45) is 1.62. The van der Waals surface area contributed by atoms with E-state index < -0.39 is 17.7 Å². The molecule has 1 N–H and O–H groups in total. The minimum atomic E-state index is -0.701. The molecule has 2 aliphatic rings. The number of methoxy groups -OCH3 is 1. The molecular formula is C23H23NO6. The normalized spacial score (nSPS) is 19.4. The molecule has 0 unspecified atom stereocenters. The van der Waals surface area contributed by atoms with Crippen LogP contribution in [0.1, 0.15) is 36.9 Å². The van der Waals surface area contributed by atoms with Gasteiger partial charge in [0.15, 0.2) is 11.5 Å². The number of unbranched alkanes of at least 4 members (excludes halogenated alkanes) is 1. The number of hydrogen-bond donors (Lipinski definition) is 1. The maximum Gasteiger partial charge on any atom is 0.295 e. The number of carbonyl (C=O) groups is 2. The maximum absolute atomic E-state index is 12.9. The SMILES string of the molecule is CCCCN1C(=O)C(=O)C(=C(O)c2ccc(OC)cc2)[C@H]1c1ccc2c(c1)OCO2. The van der Waals surface area contributed by atoms with Crippen LogP contribution in [0, 0.1) is 0 Å². The van der Waals surface area contributed by atoms with Gasteiger partial charge in [0, 0.05) is 12.1 Å². The summed E-state index contributed by atoms with van der Waals surface area (Å²) in [7, 11) is 1.55. The Morgan fingerprint density at radius 3 is 2.57 bits per heavy atom. The summed E-state index contributed by atoms with van der Waals surface area (Å²) in [5.41, 5.74) is 1.19. The van der Waals surface area contributed by atoms with Gasteiger partial charge in [0.25, 0.3) is 11.7 Å². The molecule has 0 saturated carbocycles. The molecule has 156 valence electrons. The molecule has 7 nitrogen and oxygen atoms in total. The largest absolute Gasteiger partial charge is 0.507 e. The molecule has 1 amide bonds. The number of benzene rings is 2. The van der Waals surface area contributed by atoms with Crippen molar-refractivity contribution in [2.75, 3.05) is 20.4 Å². The molecule has 2 aliphatic heterocycles. The third-order valence-corrected chi connectivity index (χ3v) is 5.37. The summed E-state index contributed by atoms with van der Waals surface area (Å²) in [4.78, 5) is 27.3. The van der Waals surface area contributed by atoms with Crippen molar-refractivity contribution in [1.29, 1.82) is 0 Å². The lowest BCUT2D eigenvalue weighted by molar-refractivity contribution is -0.139. The summed E-state index contributed by atoms with van der Waals surface area (Å²) in [6, 6.07) is 11.3. The van der Waals surface area contributed by atoms with Gasteiger partial charge in [0.2, 0.25) is 6.79 Å². The minimum Gasteiger partial charge on any atom is -0.507 e. The molecule has 4 rings (SSSR count). The van der Waals surface area contributed by atoms with Crippen molar-refractivity contribution >= 4 is 17.4 Å². The van der Waals surface area contributed by atoms with Gasteiger partial charge in [-0.15, -0.1) is 0 Å². The second-order valence-corrected chi connectivity index (χ2v) is 7.19. The van der Waals surface area contributed by atoms with E-state index in [1.807, 2.05) is 6.92 Å². The first-order valence-corrected chi connectivity index (χ1v) is 9.87. The van der Waals surface area contributed by atoms with Crippen LogP contribution in [-0.4, -0.2) is 42.1 Å². The van der Waals surface area contributed by atoms with Crippen LogP contribution < -0.4 is 14.2 Å². The van der Waals surface area contributed by atoms with Gasteiger partial charge in [-0.1, -0.05) is 19.4 Å². The second-order valence-electron chi connectivity index (χ2n) is 7.19. The van der Waals surface area contributed by atoms with Crippen LogP contribution in [-0.2, 0) is 9.59 Å². The Morgan fingerprint density at radius 2 is 1.87 bits per heavy atom. The van der Waals surface area contributed by atoms with E-state index in [9.17, 15) is 14.7 Å². The van der Waals surface area contributed by atoms with Crippen LogP contribution in [0.15, 0.2) is 48.0 Å². The van der Waals surface area contributed by atoms with Gasteiger partial charge in [-0.2, -0.15) is 0 Å². The van der Waals surface area contributed by atoms with E-state index in [0.717, 1.165) is 12.8 Å². The Bertz CT molecular complexity index is 1010. The van der Waals surface area contributed by atoms with Crippen molar-refractivity contribution in [3.63, 3.8) is 0 Å². The van der Waals surface area contributed by atoms with Gasteiger partial charge in [-0.3, -0.25) is 9.59 Å². The lowest BCUT2D eigenvalue weighted by Gasteiger charge is -2.25. The Hall–Kier alpha value is -3.48. The predicted molar refractivity (Wildman–Crippen MR) is 109 cm³/mol. The quantitative estimate of drug-likeness (QED) is 0.445. The average Bonchev–Trinajstić information content (AvgIpc) is 3.34. The highest BCUT2D eigenvalue weighted by atomic mass is 16.7. The molecule has 0 aromatic heterocycles. The summed E-state index contributed by atoms with van der Waals surface area (Å²) in [6.45, 7) is 2.56. The molecule has 0 bridgehead atoms. The van der Waals surface area contributed by atoms with E-state index >= 15 is 0 Å². The van der Waals surface area contributed by atoms with Crippen LogP contribution >= 0.6 is 0 Å². The summed E-state index contributed by atoms with van der Waals surface area (Å²) in [5, 5.41) is 11.0. The second kappa shape index (κ2) is 8.10. The van der Waals surface area contributed by atoms with Crippen molar-refractivity contribution in [1.82, 2.24) is 4.90 Å². The first-order chi connectivity index (χ1) is 14.5. The van der Waals surface area contributed by atoms with Crippen LogP contribution in [0.5, 0.6) is 17.2 Å². The van der Waals surface area contributed by atoms with Gasteiger partial charge in [-0.05, 0) is 48.4 Å². The Kier molecular flexibility index (Phi) is 5.35. The smallest absolute Gasteiger partial charge is 0.295 e. The standard InChI is InChI=1S/C23H23NO6/c1-3-4-11-24-20(15-7-10-17-18(12-15)30-13-29-17)19(22(26)23(24)27)21(25)14-5-8-16(28-2)9-6-14/h5-10,12,20,25H,3-4,11,13H2,1-2H3/t20-/m1/s1. The number of fused-ring (bicyclic) bond motifs is 1. The lowest BCUT2D eigenvalue weighted by Crippen LogP contribution is -2.30. The zero-order valence-corrected chi connectivity index (χ0v) is 16.9. The number of Topliss-reactive ketones (excluding diaryl/α,β-unsaturated/α-hetero) is 1. The number of nitrogens with zero attached hydrogens (tertiary/aromatic N) is 1. The molecular weight excluding hydrogens is 386 g/mol. The molecule has 1 saturated heterocycles. The lowest BCUT2D eigenvalue weighted by atomic mass is 9.95. The highest BCUT2D eigenvalue weighted by Gasteiger charge is 2.46. The fourth-order valence-electron chi connectivity index (χ4n) is 3.77. The molecule has 1 atom stereocenters. The molecule has 2 aromatic rings. The number of aliphatic hydroxyl groups excluding tert-OH is 1. The van der Waals surface area contributed by atoms with Crippen molar-refractivity contribution in [2.24, 2.45) is 0 Å². The van der Waals surface area contributed by atoms with Crippen LogP contribution in [0.4, 0.5) is 0 Å². The van der Waals surface area contributed by atoms with E-state index in [0.29, 0.717) is 34.9 Å². The molecule has 0 spiro atoms. The van der Waals surface area contributed by atoms with Crippen molar-refractivity contribution < 1.29 is 28.9 Å². The number of amides is 1. The topological polar surface area (TPSA) is 85.3 Å². The Balaban J connectivity index is 1.83. The maximum atomic E-state index is 12.9. The number of rotatable bonds is 6. The highest BCUT2D eigenvalue weighted by Crippen LogP contribution is 2.43. The molecule has 2 heterocycles. The Morgan fingerprint density at radius 1 is 1.13 bits per heavy atom. The number of ketones is 1. The van der Waals surface area contributed by atoms with Crippen LogP contribution in [0.2, 0.25) is 0 Å². The van der Waals surface area contributed by atoms with Crippen LogP contribution in [0.25, 0.3) is 5.76 Å². The van der Waals surface area contributed by atoms with Gasteiger partial charge in [0.05, 0.1) is 18.7 Å². The first-order valence-electron chi connectivity index (χ1n) is 9.87. The van der Waals surface area contributed by atoms with E-state index in [-0.39, 0.29) is 18.1 Å². The molecule has 2 aromatic carbocycles. The third kappa shape index (κ3) is 3.36. The van der Waals surface area contributed by atoms with E-state index in [1.165, 1.54) is 4.90 Å². The highest BCUT2D eigenvalue weighted by molar-refractivity contribution is 6.46. The van der Waals surface area contributed by atoms with Crippen molar-refractivity contribution in [3.8, 4) is 17.2 Å². The number of ether oxygens (including phenoxy) is 3. The van der Waals surface area contributed by atoms with Gasteiger partial charge < -0.3 is 24.2 Å². The minimum absolute atomic E-state index is 0.0696.